The highest BCUT2D eigenvalue weighted by atomic mass is 15.2. The lowest BCUT2D eigenvalue weighted by Crippen LogP contribution is -2.46. The van der Waals surface area contributed by atoms with Crippen LogP contribution in [0.2, 0.25) is 0 Å². The number of nitrogens with one attached hydrogen (secondary N) is 2. The molecule has 4 aromatic rings. The van der Waals surface area contributed by atoms with Gasteiger partial charge in [0.1, 0.15) is 12.3 Å². The Kier molecular flexibility index (Phi) is 3.14. The second-order valence-corrected chi connectivity index (χ2v) is 6.01. The molecular formula is C19H19N5+2. The summed E-state index contributed by atoms with van der Waals surface area (Å²) in [6, 6.07) is 10.6. The van der Waals surface area contributed by atoms with Crippen LogP contribution in [0.1, 0.15) is 29.4 Å². The van der Waals surface area contributed by atoms with E-state index in [2.05, 4.69) is 38.0 Å². The van der Waals surface area contributed by atoms with E-state index < -0.39 is 0 Å². The third kappa shape index (κ3) is 1.80. The maximum Gasteiger partial charge on any atom is 0.362 e. The molecular weight excluding hydrogens is 298 g/mol. The zero-order valence-electron chi connectivity index (χ0n) is 14.0. The van der Waals surface area contributed by atoms with Gasteiger partial charge in [0.25, 0.3) is 0 Å². The summed E-state index contributed by atoms with van der Waals surface area (Å²) in [5.41, 5.74) is 5.87. The van der Waals surface area contributed by atoms with Crippen molar-refractivity contribution in [3.05, 3.63) is 59.2 Å². The number of aryl methyl sites for hydroxylation is 1. The van der Waals surface area contributed by atoms with Crippen molar-refractivity contribution in [2.24, 2.45) is 0 Å². The van der Waals surface area contributed by atoms with E-state index >= 15 is 0 Å². The minimum Gasteiger partial charge on any atom is -0.322 e. The van der Waals surface area contributed by atoms with Gasteiger partial charge in [-0.3, -0.25) is 0 Å². The summed E-state index contributed by atoms with van der Waals surface area (Å²) in [6.45, 7) is 6.22. The van der Waals surface area contributed by atoms with Crippen molar-refractivity contribution in [1.82, 2.24) is 9.97 Å². The molecule has 0 aliphatic carbocycles. The fourth-order valence-electron chi connectivity index (χ4n) is 3.56. The van der Waals surface area contributed by atoms with Gasteiger partial charge in [-0.2, -0.15) is 9.83 Å². The molecule has 0 fully saturated rings. The number of aromatic amines is 2. The van der Waals surface area contributed by atoms with Gasteiger partial charge in [0.2, 0.25) is 16.9 Å². The van der Waals surface area contributed by atoms with Crippen LogP contribution < -0.4 is 8.97 Å². The largest absolute Gasteiger partial charge is 0.362 e. The van der Waals surface area contributed by atoms with Crippen molar-refractivity contribution in [2.45, 2.75) is 27.2 Å². The monoisotopic (exact) mass is 317 g/mol. The molecule has 0 atom stereocenters. The number of rotatable bonds is 2. The molecule has 2 N–H and O–H groups in total. The molecule has 0 unspecified atom stereocenters. The first kappa shape index (κ1) is 14.5. The van der Waals surface area contributed by atoms with Crippen LogP contribution >= 0.6 is 0 Å². The van der Waals surface area contributed by atoms with Gasteiger partial charge >= 0.3 is 11.5 Å². The van der Waals surface area contributed by atoms with E-state index in [0.717, 1.165) is 40.3 Å². The van der Waals surface area contributed by atoms with Crippen molar-refractivity contribution in [1.29, 1.82) is 5.26 Å². The molecule has 5 nitrogen and oxygen atoms in total. The summed E-state index contributed by atoms with van der Waals surface area (Å²) < 4.78 is 4.32. The summed E-state index contributed by atoms with van der Waals surface area (Å²) in [6.07, 6.45) is 4.82. The molecule has 0 saturated heterocycles. The molecule has 5 heteroatoms. The number of benzene rings is 1. The maximum absolute atomic E-state index is 9.74. The second kappa shape index (κ2) is 5.20. The van der Waals surface area contributed by atoms with Crippen molar-refractivity contribution < 1.29 is 8.97 Å². The third-order valence-electron chi connectivity index (χ3n) is 4.74. The predicted molar refractivity (Wildman–Crippen MR) is 90.9 cm³/mol. The maximum atomic E-state index is 9.74. The van der Waals surface area contributed by atoms with Gasteiger partial charge in [-0.05, 0) is 31.0 Å². The Hall–Kier alpha value is -3.13. The first-order valence-electron chi connectivity index (χ1n) is 8.11. The van der Waals surface area contributed by atoms with Gasteiger partial charge in [-0.25, -0.2) is 4.98 Å². The first-order chi connectivity index (χ1) is 11.7. The van der Waals surface area contributed by atoms with E-state index in [-0.39, 0.29) is 0 Å². The standard InChI is InChI=1S/C19H17N5/c1-4-14-12(2)15(11-20)18-22-16-7-5-6-8-17(16)24(18)19(14)23-10-9-21-13(23)3/h5-10H,4H2,1-3H3/p+2. The number of nitrogens with zero attached hydrogens (tertiary/aromatic N) is 3. The number of H-pyrrole nitrogens is 2. The molecule has 3 aromatic heterocycles. The summed E-state index contributed by atoms with van der Waals surface area (Å²) in [5.74, 6) is 2.13. The van der Waals surface area contributed by atoms with E-state index in [0.29, 0.717) is 5.56 Å². The van der Waals surface area contributed by atoms with E-state index in [4.69, 9.17) is 0 Å². The normalized spacial score (nSPS) is 11.2. The Morgan fingerprint density at radius 3 is 2.67 bits per heavy atom. The summed E-state index contributed by atoms with van der Waals surface area (Å²) >= 11 is 0. The number of aromatic nitrogens is 4. The summed E-state index contributed by atoms with van der Waals surface area (Å²) in [5, 5.41) is 9.74. The van der Waals surface area contributed by atoms with Crippen LogP contribution in [-0.4, -0.2) is 9.97 Å². The van der Waals surface area contributed by atoms with Crippen LogP contribution in [0.3, 0.4) is 0 Å². The molecule has 4 rings (SSSR count). The smallest absolute Gasteiger partial charge is 0.322 e. The SMILES string of the molecule is CCc1c(C)c(C#N)c2[nH]c3ccccc3[n+]2c1-[n+]1cc[nH]c1C. The van der Waals surface area contributed by atoms with Crippen LogP contribution in [-0.2, 0) is 6.42 Å². The highest BCUT2D eigenvalue weighted by molar-refractivity contribution is 5.77. The number of nitriles is 1. The number of para-hydroxylation sites is 2. The quantitative estimate of drug-likeness (QED) is 0.548. The van der Waals surface area contributed by atoms with E-state index in [1.807, 2.05) is 44.4 Å². The summed E-state index contributed by atoms with van der Waals surface area (Å²) in [4.78, 5) is 6.67. The minimum absolute atomic E-state index is 0.709. The molecule has 0 spiro atoms. The number of imidazole rings is 2. The topological polar surface area (TPSA) is 63.4 Å². The Bertz CT molecular complexity index is 1120. The highest BCUT2D eigenvalue weighted by Crippen LogP contribution is 2.23. The van der Waals surface area contributed by atoms with Crippen molar-refractivity contribution in [2.75, 3.05) is 0 Å². The molecule has 0 aliphatic heterocycles. The zero-order valence-corrected chi connectivity index (χ0v) is 14.0. The molecule has 118 valence electrons. The molecule has 0 amide bonds. The average molecular weight is 317 g/mol. The fourth-order valence-corrected chi connectivity index (χ4v) is 3.56. The third-order valence-corrected chi connectivity index (χ3v) is 4.74. The Balaban J connectivity index is 2.33. The molecule has 0 bridgehead atoms. The van der Waals surface area contributed by atoms with Crippen molar-refractivity contribution in [3.63, 3.8) is 0 Å². The van der Waals surface area contributed by atoms with Gasteiger partial charge in [0, 0.05) is 6.92 Å². The number of hydrogen-bond donors (Lipinski definition) is 2. The lowest BCUT2D eigenvalue weighted by Gasteiger charge is -2.07. The minimum atomic E-state index is 0.709. The number of fused-ring (bicyclic) bond motifs is 3. The molecule has 0 aliphatic rings. The van der Waals surface area contributed by atoms with Gasteiger partial charge in [-0.15, -0.1) is 4.40 Å². The predicted octanol–water partition coefficient (Wildman–Crippen LogP) is 2.56. The summed E-state index contributed by atoms with van der Waals surface area (Å²) in [7, 11) is 0. The number of hydrogen-bond acceptors (Lipinski definition) is 1. The molecule has 0 saturated carbocycles. The van der Waals surface area contributed by atoms with E-state index in [1.54, 1.807) is 0 Å². The zero-order chi connectivity index (χ0) is 16.8. The Morgan fingerprint density at radius 1 is 1.21 bits per heavy atom. The van der Waals surface area contributed by atoms with Gasteiger partial charge in [0.05, 0.1) is 11.8 Å². The molecule has 0 radical (unpaired) electrons. The average Bonchev–Trinajstić information content (AvgIpc) is 3.17. The lowest BCUT2D eigenvalue weighted by molar-refractivity contribution is -0.702. The number of pyridine rings is 1. The Labute approximate surface area is 139 Å². The molecule has 3 heterocycles. The van der Waals surface area contributed by atoms with Crippen LogP contribution in [0.4, 0.5) is 0 Å². The molecule has 1 aromatic carbocycles. The lowest BCUT2D eigenvalue weighted by atomic mass is 10.0. The van der Waals surface area contributed by atoms with Crippen molar-refractivity contribution >= 4 is 16.7 Å². The first-order valence-corrected chi connectivity index (χ1v) is 8.11. The van der Waals surface area contributed by atoms with Crippen molar-refractivity contribution in [3.8, 4) is 11.9 Å². The van der Waals surface area contributed by atoms with Crippen LogP contribution in [0.25, 0.3) is 22.5 Å². The molecule has 24 heavy (non-hydrogen) atoms. The van der Waals surface area contributed by atoms with E-state index in [9.17, 15) is 5.26 Å². The van der Waals surface area contributed by atoms with Crippen LogP contribution in [0, 0.1) is 25.2 Å². The fraction of sp³-hybridized carbons (Fsp3) is 0.211. The van der Waals surface area contributed by atoms with Crippen LogP contribution in [0.15, 0.2) is 36.7 Å². The van der Waals surface area contributed by atoms with Gasteiger partial charge in [-0.1, -0.05) is 19.1 Å². The Morgan fingerprint density at radius 2 is 2.00 bits per heavy atom. The van der Waals surface area contributed by atoms with Gasteiger partial charge < -0.3 is 4.98 Å². The van der Waals surface area contributed by atoms with Crippen LogP contribution in [0.5, 0.6) is 0 Å². The van der Waals surface area contributed by atoms with E-state index in [1.165, 1.54) is 5.56 Å². The second-order valence-electron chi connectivity index (χ2n) is 6.01. The highest BCUT2D eigenvalue weighted by Gasteiger charge is 2.32. The van der Waals surface area contributed by atoms with Gasteiger partial charge in [0.15, 0.2) is 5.56 Å².